The summed E-state index contributed by atoms with van der Waals surface area (Å²) in [6, 6.07) is 6.09. The molecule has 0 saturated heterocycles. The van der Waals surface area contributed by atoms with E-state index >= 15 is 0 Å². The van der Waals surface area contributed by atoms with Gasteiger partial charge in [-0.1, -0.05) is 34.8 Å². The second kappa shape index (κ2) is 6.27. The van der Waals surface area contributed by atoms with E-state index in [1.807, 2.05) is 0 Å². The Hall–Kier alpha value is -1.58. The Morgan fingerprint density at radius 3 is 2.73 bits per heavy atom. The first-order valence-electron chi connectivity index (χ1n) is 7.28. The molecule has 0 spiro atoms. The van der Waals surface area contributed by atoms with Gasteiger partial charge in [0.15, 0.2) is 5.82 Å². The van der Waals surface area contributed by atoms with Crippen LogP contribution in [0.25, 0.3) is 0 Å². The lowest BCUT2D eigenvalue weighted by molar-refractivity contribution is 0.829. The van der Waals surface area contributed by atoms with Crippen LogP contribution in [0.1, 0.15) is 35.1 Å². The lowest BCUT2D eigenvalue weighted by atomic mass is 9.86. The van der Waals surface area contributed by atoms with E-state index in [4.69, 9.17) is 23.2 Å². The molecule has 0 fully saturated rings. The zero-order chi connectivity index (χ0) is 15.7. The normalized spacial score (nSPS) is 15.7. The molecule has 0 saturated carbocycles. The molecule has 0 bridgehead atoms. The summed E-state index contributed by atoms with van der Waals surface area (Å²) in [5, 5.41) is 5.52. The van der Waals surface area contributed by atoms with Crippen LogP contribution in [0.5, 0.6) is 0 Å². The van der Waals surface area contributed by atoms with Crippen LogP contribution in [-0.4, -0.2) is 10.7 Å². The van der Waals surface area contributed by atoms with Gasteiger partial charge in [-0.2, -0.15) is 5.10 Å². The van der Waals surface area contributed by atoms with Crippen LogP contribution in [0.4, 0.5) is 5.82 Å². The van der Waals surface area contributed by atoms with Crippen molar-refractivity contribution in [3.05, 3.63) is 56.7 Å². The Kier molecular flexibility index (Phi) is 4.37. The van der Waals surface area contributed by atoms with Crippen molar-refractivity contribution in [2.45, 2.75) is 33.1 Å². The first kappa shape index (κ1) is 15.3. The standard InChI is InChI=1S/C17H17Cl2N3/c1-10-6-11(2)13-4-3-5-16(14(13)7-10)21-22-17-15(19)8-12(18)9-20-17/h6-9H,3-5H2,1-2H3,(H,20,22)/b21-16+. The number of anilines is 1. The smallest absolute Gasteiger partial charge is 0.165 e. The van der Waals surface area contributed by atoms with Gasteiger partial charge in [-0.15, -0.1) is 0 Å². The highest BCUT2D eigenvalue weighted by molar-refractivity contribution is 6.35. The van der Waals surface area contributed by atoms with E-state index in [0.717, 1.165) is 25.0 Å². The molecule has 114 valence electrons. The summed E-state index contributed by atoms with van der Waals surface area (Å²) >= 11 is 12.0. The monoisotopic (exact) mass is 333 g/mol. The number of aromatic nitrogens is 1. The number of hydrazone groups is 1. The topological polar surface area (TPSA) is 37.3 Å². The van der Waals surface area contributed by atoms with Gasteiger partial charge in [-0.25, -0.2) is 4.98 Å². The number of nitrogens with one attached hydrogen (secondary N) is 1. The first-order valence-corrected chi connectivity index (χ1v) is 8.04. The maximum Gasteiger partial charge on any atom is 0.165 e. The number of rotatable bonds is 2. The fourth-order valence-corrected chi connectivity index (χ4v) is 3.31. The quantitative estimate of drug-likeness (QED) is 0.771. The largest absolute Gasteiger partial charge is 0.260 e. The van der Waals surface area contributed by atoms with E-state index in [-0.39, 0.29) is 0 Å². The third-order valence-corrected chi connectivity index (χ3v) is 4.37. The molecule has 3 nitrogen and oxygen atoms in total. The number of benzene rings is 1. The molecule has 0 aliphatic heterocycles. The molecule has 0 amide bonds. The van der Waals surface area contributed by atoms with Gasteiger partial charge in [0.2, 0.25) is 0 Å². The molecule has 3 rings (SSSR count). The SMILES string of the molecule is Cc1cc(C)c2c(c1)/C(=N/Nc1ncc(Cl)cc1Cl)CCC2. The van der Waals surface area contributed by atoms with E-state index < -0.39 is 0 Å². The van der Waals surface area contributed by atoms with Gasteiger partial charge in [0, 0.05) is 11.8 Å². The first-order chi connectivity index (χ1) is 10.5. The van der Waals surface area contributed by atoms with Gasteiger partial charge in [-0.3, -0.25) is 5.43 Å². The molecular weight excluding hydrogens is 317 g/mol. The van der Waals surface area contributed by atoms with Gasteiger partial charge in [-0.05, 0) is 56.4 Å². The van der Waals surface area contributed by atoms with Crippen LogP contribution in [0.3, 0.4) is 0 Å². The average molecular weight is 334 g/mol. The van der Waals surface area contributed by atoms with Crippen LogP contribution in [0.15, 0.2) is 29.5 Å². The van der Waals surface area contributed by atoms with Crippen molar-refractivity contribution in [1.82, 2.24) is 4.98 Å². The third kappa shape index (κ3) is 3.11. The van der Waals surface area contributed by atoms with Crippen molar-refractivity contribution < 1.29 is 0 Å². The van der Waals surface area contributed by atoms with E-state index in [2.05, 4.69) is 41.5 Å². The van der Waals surface area contributed by atoms with Crippen LogP contribution in [0, 0.1) is 13.8 Å². The lowest BCUT2D eigenvalue weighted by Crippen LogP contribution is -2.15. The summed E-state index contributed by atoms with van der Waals surface area (Å²) in [5.41, 5.74) is 9.26. The van der Waals surface area contributed by atoms with E-state index in [0.29, 0.717) is 15.9 Å². The summed E-state index contributed by atoms with van der Waals surface area (Å²) < 4.78 is 0. The zero-order valence-corrected chi connectivity index (χ0v) is 14.1. The number of pyridine rings is 1. The molecule has 1 aliphatic carbocycles. The number of hydrogen-bond acceptors (Lipinski definition) is 3. The fourth-order valence-electron chi connectivity index (χ4n) is 2.89. The van der Waals surface area contributed by atoms with Gasteiger partial charge in [0.25, 0.3) is 0 Å². The van der Waals surface area contributed by atoms with Crippen LogP contribution in [-0.2, 0) is 6.42 Å². The number of nitrogens with zero attached hydrogens (tertiary/aromatic N) is 2. The Bertz CT molecular complexity index is 754. The highest BCUT2D eigenvalue weighted by atomic mass is 35.5. The van der Waals surface area contributed by atoms with Gasteiger partial charge in [0.05, 0.1) is 15.8 Å². The molecule has 5 heteroatoms. The Morgan fingerprint density at radius 2 is 1.95 bits per heavy atom. The van der Waals surface area contributed by atoms with Crippen LogP contribution in [0.2, 0.25) is 10.0 Å². The number of aryl methyl sites for hydroxylation is 2. The summed E-state index contributed by atoms with van der Waals surface area (Å²) in [6.45, 7) is 4.28. The highest BCUT2D eigenvalue weighted by Crippen LogP contribution is 2.27. The minimum atomic E-state index is 0.466. The maximum absolute atomic E-state index is 6.12. The molecule has 0 unspecified atom stereocenters. The Morgan fingerprint density at radius 1 is 1.14 bits per heavy atom. The van der Waals surface area contributed by atoms with Crippen molar-refractivity contribution in [2.24, 2.45) is 5.10 Å². The molecule has 0 radical (unpaired) electrons. The van der Waals surface area contributed by atoms with Crippen LogP contribution < -0.4 is 5.43 Å². The summed E-state index contributed by atoms with van der Waals surface area (Å²) in [7, 11) is 0. The molecule has 2 aromatic rings. The molecular formula is C17H17Cl2N3. The molecule has 1 heterocycles. The third-order valence-electron chi connectivity index (χ3n) is 3.87. The van der Waals surface area contributed by atoms with Crippen molar-refractivity contribution in [3.63, 3.8) is 0 Å². The fraction of sp³-hybridized carbons (Fsp3) is 0.294. The van der Waals surface area contributed by atoms with E-state index in [9.17, 15) is 0 Å². The molecule has 1 N–H and O–H groups in total. The summed E-state index contributed by atoms with van der Waals surface area (Å²) in [6.07, 6.45) is 4.73. The zero-order valence-electron chi connectivity index (χ0n) is 12.6. The van der Waals surface area contributed by atoms with E-state index in [1.54, 1.807) is 12.3 Å². The summed E-state index contributed by atoms with van der Waals surface area (Å²) in [4.78, 5) is 4.17. The van der Waals surface area contributed by atoms with Crippen molar-refractivity contribution >= 4 is 34.7 Å². The second-order valence-electron chi connectivity index (χ2n) is 5.62. The Balaban J connectivity index is 1.93. The van der Waals surface area contributed by atoms with E-state index in [1.165, 1.54) is 22.3 Å². The number of hydrogen-bond donors (Lipinski definition) is 1. The number of halogens is 2. The predicted molar refractivity (Wildman–Crippen MR) is 93.3 cm³/mol. The molecule has 1 aliphatic rings. The van der Waals surface area contributed by atoms with Gasteiger partial charge >= 0.3 is 0 Å². The van der Waals surface area contributed by atoms with Gasteiger partial charge in [0.1, 0.15) is 0 Å². The van der Waals surface area contributed by atoms with Crippen molar-refractivity contribution in [3.8, 4) is 0 Å². The Labute approximate surface area is 140 Å². The molecule has 1 aromatic carbocycles. The average Bonchev–Trinajstić information content (AvgIpc) is 2.46. The predicted octanol–water partition coefficient (Wildman–Crippen LogP) is 5.16. The molecule has 22 heavy (non-hydrogen) atoms. The van der Waals surface area contributed by atoms with Crippen molar-refractivity contribution in [1.29, 1.82) is 0 Å². The minimum absolute atomic E-state index is 0.466. The minimum Gasteiger partial charge on any atom is -0.260 e. The molecule has 1 aromatic heterocycles. The summed E-state index contributed by atoms with van der Waals surface area (Å²) in [5.74, 6) is 0.523. The number of fused-ring (bicyclic) bond motifs is 1. The second-order valence-corrected chi connectivity index (χ2v) is 6.46. The maximum atomic E-state index is 6.12. The lowest BCUT2D eigenvalue weighted by Gasteiger charge is -2.21. The highest BCUT2D eigenvalue weighted by Gasteiger charge is 2.18. The van der Waals surface area contributed by atoms with Crippen LogP contribution >= 0.6 is 23.2 Å². The molecule has 0 atom stereocenters. The van der Waals surface area contributed by atoms with Gasteiger partial charge < -0.3 is 0 Å². The van der Waals surface area contributed by atoms with Crippen molar-refractivity contribution in [2.75, 3.05) is 5.43 Å².